The van der Waals surface area contributed by atoms with Crippen LogP contribution in [0.3, 0.4) is 0 Å². The first-order valence-corrected chi connectivity index (χ1v) is 21.7. The van der Waals surface area contributed by atoms with Gasteiger partial charge in [0.05, 0.1) is 13.2 Å². The molecule has 0 spiro atoms. The number of benzene rings is 2. The van der Waals surface area contributed by atoms with Crippen LogP contribution in [0.25, 0.3) is 0 Å². The van der Waals surface area contributed by atoms with E-state index in [2.05, 4.69) is 36.5 Å². The Bertz CT molecular complexity index is 2250. The van der Waals surface area contributed by atoms with Gasteiger partial charge in [0.1, 0.15) is 44.4 Å². The molecule has 0 aromatic heterocycles. The van der Waals surface area contributed by atoms with Crippen LogP contribution >= 0.6 is 15.9 Å². The first kappa shape index (κ1) is 140. The third-order valence-corrected chi connectivity index (χ3v) is 14.4. The fourth-order valence-corrected chi connectivity index (χ4v) is 10.8. The van der Waals surface area contributed by atoms with Crippen molar-refractivity contribution >= 4 is 60.1 Å². The van der Waals surface area contributed by atoms with Gasteiger partial charge >= 0.3 is 12.2 Å². The van der Waals surface area contributed by atoms with Crippen molar-refractivity contribution in [3.8, 4) is 0 Å². The summed E-state index contributed by atoms with van der Waals surface area (Å²) in [4.78, 5) is 33.6. The number of nitrogens with one attached hydrogen (secondary N) is 2. The summed E-state index contributed by atoms with van der Waals surface area (Å²) in [6.45, 7) is 10.3. The Labute approximate surface area is 998 Å². The van der Waals surface area contributed by atoms with Gasteiger partial charge in [-0.05, 0) is 65.8 Å². The second-order valence-electron chi connectivity index (χ2n) is 15.7. The number of sulfonamides is 2. The number of amides is 2. The number of rotatable bonds is 2. The van der Waals surface area contributed by atoms with Crippen molar-refractivity contribution in [2.75, 3.05) is 40.5 Å². The number of carbonyl (C=O) groups is 2. The molecular formula is C36H47BrF2N6O10S2Y21. The van der Waals surface area contributed by atoms with Crippen molar-refractivity contribution in [3.63, 3.8) is 0 Å². The largest absolute Gasteiger partial charge is 0.444 e. The topological polar surface area (TPSA) is 195 Å². The Hall–Kier alpha value is 19.3. The van der Waals surface area contributed by atoms with Crippen LogP contribution in [0.4, 0.5) is 18.4 Å². The molecule has 2 saturated heterocycles. The molecule has 2 amide bonds. The third kappa shape index (κ3) is 41.2. The number of guanidine groups is 2. The molecule has 0 saturated carbocycles. The number of hydrogen-bond donors (Lipinski definition) is 2. The van der Waals surface area contributed by atoms with Crippen molar-refractivity contribution in [1.82, 2.24) is 19.2 Å². The van der Waals surface area contributed by atoms with E-state index in [1.165, 1.54) is 50.5 Å². The average Bonchev–Trinajstić information content (AvgIpc) is 3.09. The molecule has 16 nitrogen and oxygen atoms in total. The normalized spacial score (nSPS) is 19.4. The van der Waals surface area contributed by atoms with E-state index in [1.54, 1.807) is 47.6 Å². The Balaban J connectivity index is -0.0000000501. The molecule has 2 unspecified atom stereocenters. The maximum absolute atomic E-state index is 14.8. The summed E-state index contributed by atoms with van der Waals surface area (Å²) in [6, 6.07) is 10.2. The SMILES string of the molecule is CN1C(NC(=O)OC(C)(C)C)=N[C@@]2(c3cc(Br)ccc3F)CCOCC2S1(=O)=O.CN1C(NC(=O)OC(C)(C)C)=N[C@@]2(c3ccccc3F)CCOCC2S1(=O)=O.[Y].[Y].[Y].[Y].[Y].[Y].[Y].[Y].[Y].[Y].[Y].[Y].[Y].[Y].[Y].[Y].[Y].[Y].[Y].[Y].[Y]. The number of fused-ring (bicyclic) bond motifs is 2. The molecule has 2 fully saturated rings. The summed E-state index contributed by atoms with van der Waals surface area (Å²) in [7, 11) is -5.43. The van der Waals surface area contributed by atoms with Crippen LogP contribution in [-0.2, 0) is 737 Å². The van der Waals surface area contributed by atoms with E-state index in [0.29, 0.717) is 4.47 Å². The first-order valence-electron chi connectivity index (χ1n) is 17.9. The minimum absolute atomic E-state index is 0. The van der Waals surface area contributed by atoms with Gasteiger partial charge in [-0.1, -0.05) is 34.1 Å². The van der Waals surface area contributed by atoms with Crippen molar-refractivity contribution in [2.24, 2.45) is 9.98 Å². The first-order chi connectivity index (χ1) is 26.3. The van der Waals surface area contributed by atoms with Gasteiger partial charge in [-0.25, -0.2) is 53.8 Å². The van der Waals surface area contributed by atoms with E-state index in [4.69, 9.17) is 18.9 Å². The second-order valence-corrected chi connectivity index (χ2v) is 20.9. The molecule has 21 radical (unpaired) electrons. The Kier molecular flexibility index (Phi) is 118. The van der Waals surface area contributed by atoms with Gasteiger partial charge in [-0.3, -0.25) is 10.6 Å². The molecule has 2 N–H and O–H groups in total. The summed E-state index contributed by atoms with van der Waals surface area (Å²) in [5.74, 6) is -1.58. The van der Waals surface area contributed by atoms with Crippen molar-refractivity contribution in [3.05, 3.63) is 69.7 Å². The standard InChI is InChI=1S/C18H23BrFN3O5S.C18H24FN3O5S.21Y/c1-17(2,3)28-16(24)21-15-22-18(12-9-11(19)5-6-13(12)20)7-8-27-10-14(18)29(25,26)23(15)4;1-17(2,3)27-16(23)20-15-21-18(12-7-5-6-8-13(12)19)9-10-26-11-14(18)28(24,25)22(15)4;;;;;;;;;;;;;;;;;;;;;/h5-6,9,14H,7-8,10H2,1-4H3,(H,21,22,24);5-8,14H,9-11H2,1-4H3,(H,20,21,23);;;;;;;;;;;;;;;;;;;;;/t2*14?,18-;;;;;;;;;;;;;;;;;;;;;/m11...................../s1. The third-order valence-electron chi connectivity index (χ3n) is 9.51. The van der Waals surface area contributed by atoms with Gasteiger partial charge in [0, 0.05) is 743 Å². The number of nitrogens with zero attached hydrogens (tertiary/aromatic N) is 4. The van der Waals surface area contributed by atoms with Crippen LogP contribution in [0.5, 0.6) is 0 Å². The van der Waals surface area contributed by atoms with Gasteiger partial charge in [0.15, 0.2) is 0 Å². The van der Waals surface area contributed by atoms with Gasteiger partial charge in [-0.15, -0.1) is 0 Å². The van der Waals surface area contributed by atoms with E-state index >= 15 is 0 Å². The summed E-state index contributed by atoms with van der Waals surface area (Å²) in [5.41, 5.74) is -4.13. The molecule has 0 aliphatic carbocycles. The van der Waals surface area contributed by atoms with Gasteiger partial charge < -0.3 is 18.9 Å². The molecule has 4 heterocycles. The summed E-state index contributed by atoms with van der Waals surface area (Å²) in [6.07, 6.45) is -1.40. The molecular weight excluding hydrogens is 2730 g/mol. The van der Waals surface area contributed by atoms with E-state index in [9.17, 15) is 35.2 Å². The van der Waals surface area contributed by atoms with Crippen LogP contribution < -0.4 is 10.6 Å². The van der Waals surface area contributed by atoms with Crippen LogP contribution in [0.1, 0.15) is 65.5 Å². The van der Waals surface area contributed by atoms with Gasteiger partial charge in [0.25, 0.3) is 0 Å². The van der Waals surface area contributed by atoms with Crippen LogP contribution in [0, 0.1) is 11.6 Å². The van der Waals surface area contributed by atoms with E-state index < -0.39 is 76.6 Å². The fourth-order valence-electron chi connectivity index (χ4n) is 6.88. The zero-order chi connectivity index (χ0) is 42.4. The number of ether oxygens (including phenoxy) is 4. The molecule has 2 aromatic rings. The van der Waals surface area contributed by atoms with Gasteiger partial charge in [-0.2, -0.15) is 0 Å². The summed E-state index contributed by atoms with van der Waals surface area (Å²) in [5, 5.41) is 2.55. The molecule has 0 bridgehead atoms. The van der Waals surface area contributed by atoms with Gasteiger partial charge in [0.2, 0.25) is 32.0 Å². The minimum Gasteiger partial charge on any atom is -0.444 e. The number of halogens is 3. The predicted molar refractivity (Wildman–Crippen MR) is 209 cm³/mol. The predicted octanol–water partition coefficient (Wildman–Crippen LogP) is 4.64. The molecule has 78 heavy (non-hydrogen) atoms. The second kappa shape index (κ2) is 65.8. The van der Waals surface area contributed by atoms with E-state index in [1.807, 2.05) is 0 Å². The van der Waals surface area contributed by atoms with Crippen molar-refractivity contribution < 1.29 is 741 Å². The smallest absolute Gasteiger partial charge is 0.414 e. The summed E-state index contributed by atoms with van der Waals surface area (Å²) >= 11 is 3.31. The van der Waals surface area contributed by atoms with Crippen LogP contribution in [0.15, 0.2) is 56.9 Å². The quantitative estimate of drug-likeness (QED) is 0.428. The Morgan fingerprint density at radius 3 is 1.19 bits per heavy atom. The minimum atomic E-state index is -4.01. The molecule has 6 rings (SSSR count). The number of carbonyl (C=O) groups excluding carboxylic acids is 2. The molecule has 4 atom stereocenters. The number of hydrogen-bond acceptors (Lipinski definition) is 12. The van der Waals surface area contributed by atoms with E-state index in [-0.39, 0.29) is 749 Å². The van der Waals surface area contributed by atoms with Crippen LogP contribution in [0.2, 0.25) is 0 Å². The fraction of sp³-hybridized carbons (Fsp3) is 0.556. The monoisotopic (exact) mass is 2770 g/mol. The Morgan fingerprint density at radius 1 is 0.564 bits per heavy atom. The number of aliphatic imine (C=N–C) groups is 2. The molecule has 4 aliphatic heterocycles. The zero-order valence-corrected chi connectivity index (χ0v) is 108. The van der Waals surface area contributed by atoms with Crippen molar-refractivity contribution in [1.29, 1.82) is 0 Å². The maximum atomic E-state index is 14.8. The van der Waals surface area contributed by atoms with E-state index in [0.717, 1.165) is 8.61 Å². The number of alkyl carbamates (subject to hydrolysis) is 2. The Morgan fingerprint density at radius 2 is 0.872 bits per heavy atom. The summed E-state index contributed by atoms with van der Waals surface area (Å²) < 4.78 is 106. The molecule has 42 heteroatoms. The van der Waals surface area contributed by atoms with Crippen molar-refractivity contribution in [2.45, 2.75) is 87.2 Å². The molecule has 4 aliphatic rings. The zero-order valence-electron chi connectivity index (χ0n) is 44.9. The molecule has 377 valence electrons. The molecule has 2 aromatic carbocycles. The maximum Gasteiger partial charge on any atom is 0.414 e. The van der Waals surface area contributed by atoms with Crippen LogP contribution in [-0.4, -0.2) is 112 Å². The average molecular weight is 2770 g/mol.